The predicted octanol–water partition coefficient (Wildman–Crippen LogP) is 2.56. The largest absolute Gasteiger partial charge is 0.355 e. The maximum absolute atomic E-state index is 12.4. The molecule has 0 bridgehead atoms. The summed E-state index contributed by atoms with van der Waals surface area (Å²) in [7, 11) is 0. The van der Waals surface area contributed by atoms with Crippen LogP contribution in [-0.4, -0.2) is 35.1 Å². The SMILES string of the molecule is NCC1CCCN1C(=O)c1cc(-c2ccc(Cl)cc2)on1. The van der Waals surface area contributed by atoms with Gasteiger partial charge in [-0.15, -0.1) is 0 Å². The Bertz CT molecular complexity index is 639. The van der Waals surface area contributed by atoms with Gasteiger partial charge in [0, 0.05) is 35.8 Å². The summed E-state index contributed by atoms with van der Waals surface area (Å²) in [5, 5.41) is 4.54. The number of carbonyl (C=O) groups excluding carboxylic acids is 1. The number of nitrogens with zero attached hydrogens (tertiary/aromatic N) is 2. The summed E-state index contributed by atoms with van der Waals surface area (Å²) in [6, 6.07) is 8.97. The number of nitrogens with two attached hydrogens (primary N) is 1. The molecule has 2 N–H and O–H groups in total. The minimum Gasteiger partial charge on any atom is -0.355 e. The van der Waals surface area contributed by atoms with Crippen molar-refractivity contribution in [2.24, 2.45) is 5.73 Å². The molecule has 1 aromatic heterocycles. The molecule has 1 unspecified atom stereocenters. The van der Waals surface area contributed by atoms with E-state index >= 15 is 0 Å². The van der Waals surface area contributed by atoms with Crippen LogP contribution in [0.2, 0.25) is 5.02 Å². The highest BCUT2D eigenvalue weighted by molar-refractivity contribution is 6.30. The van der Waals surface area contributed by atoms with E-state index in [-0.39, 0.29) is 11.9 Å². The van der Waals surface area contributed by atoms with Gasteiger partial charge in [0.25, 0.3) is 5.91 Å². The highest BCUT2D eigenvalue weighted by Crippen LogP contribution is 2.24. The van der Waals surface area contributed by atoms with Gasteiger partial charge in [-0.05, 0) is 37.1 Å². The molecular formula is C15H16ClN3O2. The van der Waals surface area contributed by atoms with Crippen LogP contribution in [0, 0.1) is 0 Å². The Kier molecular flexibility index (Phi) is 3.94. The van der Waals surface area contributed by atoms with Gasteiger partial charge in [-0.3, -0.25) is 4.79 Å². The smallest absolute Gasteiger partial charge is 0.276 e. The third kappa shape index (κ3) is 2.80. The number of halogens is 1. The van der Waals surface area contributed by atoms with Gasteiger partial charge in [0.2, 0.25) is 0 Å². The molecule has 1 fully saturated rings. The van der Waals surface area contributed by atoms with Crippen LogP contribution < -0.4 is 5.73 Å². The van der Waals surface area contributed by atoms with Gasteiger partial charge in [-0.25, -0.2) is 0 Å². The van der Waals surface area contributed by atoms with Gasteiger partial charge < -0.3 is 15.2 Å². The summed E-state index contributed by atoms with van der Waals surface area (Å²) in [4.78, 5) is 14.2. The van der Waals surface area contributed by atoms with Crippen molar-refractivity contribution in [3.8, 4) is 11.3 Å². The van der Waals surface area contributed by atoms with Crippen LogP contribution in [0.25, 0.3) is 11.3 Å². The molecule has 21 heavy (non-hydrogen) atoms. The number of likely N-dealkylation sites (tertiary alicyclic amines) is 1. The molecule has 0 spiro atoms. The lowest BCUT2D eigenvalue weighted by molar-refractivity contribution is 0.0731. The number of hydrogen-bond donors (Lipinski definition) is 1. The molecule has 1 aliphatic heterocycles. The second kappa shape index (κ2) is 5.87. The first kappa shape index (κ1) is 14.1. The number of hydrogen-bond acceptors (Lipinski definition) is 4. The first-order valence-electron chi connectivity index (χ1n) is 6.92. The lowest BCUT2D eigenvalue weighted by Gasteiger charge is -2.21. The number of aromatic nitrogens is 1. The third-order valence-corrected chi connectivity index (χ3v) is 4.02. The Balaban J connectivity index is 1.81. The Morgan fingerprint density at radius 2 is 2.19 bits per heavy atom. The van der Waals surface area contributed by atoms with Gasteiger partial charge in [0.1, 0.15) is 0 Å². The average molecular weight is 306 g/mol. The van der Waals surface area contributed by atoms with Crippen LogP contribution in [0.3, 0.4) is 0 Å². The van der Waals surface area contributed by atoms with Gasteiger partial charge >= 0.3 is 0 Å². The monoisotopic (exact) mass is 305 g/mol. The third-order valence-electron chi connectivity index (χ3n) is 3.77. The van der Waals surface area contributed by atoms with E-state index in [0.29, 0.717) is 23.0 Å². The zero-order valence-corrected chi connectivity index (χ0v) is 12.2. The molecule has 1 aromatic carbocycles. The summed E-state index contributed by atoms with van der Waals surface area (Å²) in [6.07, 6.45) is 1.93. The van der Waals surface area contributed by atoms with Crippen LogP contribution in [0.15, 0.2) is 34.9 Å². The van der Waals surface area contributed by atoms with E-state index in [0.717, 1.165) is 24.9 Å². The Hall–Kier alpha value is -1.85. The van der Waals surface area contributed by atoms with Gasteiger partial charge in [0.15, 0.2) is 11.5 Å². The van der Waals surface area contributed by atoms with Crippen molar-refractivity contribution in [3.05, 3.63) is 41.0 Å². The van der Waals surface area contributed by atoms with E-state index in [1.165, 1.54) is 0 Å². The molecule has 0 radical (unpaired) electrons. The van der Waals surface area contributed by atoms with E-state index in [4.69, 9.17) is 21.9 Å². The minimum atomic E-state index is -0.119. The highest BCUT2D eigenvalue weighted by atomic mass is 35.5. The molecule has 1 aliphatic rings. The molecule has 0 aliphatic carbocycles. The fourth-order valence-corrected chi connectivity index (χ4v) is 2.75. The highest BCUT2D eigenvalue weighted by Gasteiger charge is 2.30. The van der Waals surface area contributed by atoms with E-state index in [1.54, 1.807) is 23.1 Å². The molecular weight excluding hydrogens is 290 g/mol. The molecule has 110 valence electrons. The number of benzene rings is 1. The van der Waals surface area contributed by atoms with Crippen LogP contribution in [0.5, 0.6) is 0 Å². The lowest BCUT2D eigenvalue weighted by Crippen LogP contribution is -2.40. The average Bonchev–Trinajstić information content (AvgIpc) is 3.16. The molecule has 1 amide bonds. The first-order valence-corrected chi connectivity index (χ1v) is 7.30. The second-order valence-corrected chi connectivity index (χ2v) is 5.55. The number of carbonyl (C=O) groups is 1. The standard InChI is InChI=1S/C15H16ClN3O2/c16-11-5-3-10(4-6-11)14-8-13(18-21-14)15(20)19-7-1-2-12(19)9-17/h3-6,8,12H,1-2,7,9,17H2. The fourth-order valence-electron chi connectivity index (χ4n) is 2.62. The molecule has 3 rings (SSSR count). The van der Waals surface area contributed by atoms with Crippen molar-refractivity contribution in [2.75, 3.05) is 13.1 Å². The van der Waals surface area contributed by atoms with E-state index in [9.17, 15) is 4.79 Å². The minimum absolute atomic E-state index is 0.105. The summed E-state index contributed by atoms with van der Waals surface area (Å²) in [5.74, 6) is 0.436. The van der Waals surface area contributed by atoms with E-state index < -0.39 is 0 Å². The van der Waals surface area contributed by atoms with Crippen molar-refractivity contribution in [2.45, 2.75) is 18.9 Å². The Morgan fingerprint density at radius 1 is 1.43 bits per heavy atom. The summed E-state index contributed by atoms with van der Waals surface area (Å²) in [5.41, 5.74) is 6.86. The first-order chi connectivity index (χ1) is 10.2. The molecule has 1 atom stereocenters. The maximum Gasteiger partial charge on any atom is 0.276 e. The van der Waals surface area contributed by atoms with Crippen LogP contribution >= 0.6 is 11.6 Å². The van der Waals surface area contributed by atoms with Crippen molar-refractivity contribution < 1.29 is 9.32 Å². The Labute approximate surface area is 127 Å². The predicted molar refractivity (Wildman–Crippen MR) is 80.1 cm³/mol. The van der Waals surface area contributed by atoms with Gasteiger partial charge in [0.05, 0.1) is 0 Å². The molecule has 2 aromatic rings. The molecule has 6 heteroatoms. The summed E-state index contributed by atoms with van der Waals surface area (Å²) >= 11 is 5.85. The molecule has 5 nitrogen and oxygen atoms in total. The van der Waals surface area contributed by atoms with Crippen molar-refractivity contribution in [1.29, 1.82) is 0 Å². The number of rotatable bonds is 3. The molecule has 1 saturated heterocycles. The number of amides is 1. The molecule has 2 heterocycles. The fraction of sp³-hybridized carbons (Fsp3) is 0.333. The Morgan fingerprint density at radius 3 is 2.90 bits per heavy atom. The van der Waals surface area contributed by atoms with Crippen molar-refractivity contribution >= 4 is 17.5 Å². The molecule has 0 saturated carbocycles. The van der Waals surface area contributed by atoms with Crippen molar-refractivity contribution in [1.82, 2.24) is 10.1 Å². The van der Waals surface area contributed by atoms with Crippen molar-refractivity contribution in [3.63, 3.8) is 0 Å². The lowest BCUT2D eigenvalue weighted by atomic mass is 10.1. The quantitative estimate of drug-likeness (QED) is 0.946. The topological polar surface area (TPSA) is 72.4 Å². The van der Waals surface area contributed by atoms with Gasteiger partial charge in [-0.1, -0.05) is 16.8 Å². The van der Waals surface area contributed by atoms with Crippen LogP contribution in [0.4, 0.5) is 0 Å². The van der Waals surface area contributed by atoms with Crippen LogP contribution in [0.1, 0.15) is 23.3 Å². The normalized spacial score (nSPS) is 18.2. The maximum atomic E-state index is 12.4. The second-order valence-electron chi connectivity index (χ2n) is 5.11. The van der Waals surface area contributed by atoms with E-state index in [2.05, 4.69) is 5.16 Å². The summed E-state index contributed by atoms with van der Waals surface area (Å²) < 4.78 is 5.27. The summed E-state index contributed by atoms with van der Waals surface area (Å²) in [6.45, 7) is 1.21. The zero-order chi connectivity index (χ0) is 14.8. The van der Waals surface area contributed by atoms with Gasteiger partial charge in [-0.2, -0.15) is 0 Å². The van der Waals surface area contributed by atoms with E-state index in [1.807, 2.05) is 12.1 Å². The van der Waals surface area contributed by atoms with Crippen LogP contribution in [-0.2, 0) is 0 Å². The zero-order valence-electron chi connectivity index (χ0n) is 11.5.